The van der Waals surface area contributed by atoms with Crippen LogP contribution in [0.15, 0.2) is 51.8 Å². The number of nitrogens with two attached hydrogens (primary N) is 1. The molecule has 0 unspecified atom stereocenters. The van der Waals surface area contributed by atoms with E-state index in [-0.39, 0.29) is 16.5 Å². The van der Waals surface area contributed by atoms with Crippen molar-refractivity contribution in [3.63, 3.8) is 0 Å². The normalized spacial score (nSPS) is 19.6. The van der Waals surface area contributed by atoms with Gasteiger partial charge in [0.05, 0.1) is 16.9 Å². The molecular formula is C22H27ClN6O. The van der Waals surface area contributed by atoms with Crippen molar-refractivity contribution in [1.29, 1.82) is 0 Å². The smallest absolute Gasteiger partial charge is 0.202 e. The van der Waals surface area contributed by atoms with E-state index in [1.165, 1.54) is 32.4 Å². The summed E-state index contributed by atoms with van der Waals surface area (Å²) in [6.45, 7) is 5.99. The summed E-state index contributed by atoms with van der Waals surface area (Å²) in [5, 5.41) is 8.10. The lowest BCUT2D eigenvalue weighted by atomic mass is 10.0. The van der Waals surface area contributed by atoms with Gasteiger partial charge in [-0.3, -0.25) is 4.79 Å². The van der Waals surface area contributed by atoms with Crippen molar-refractivity contribution in [3.8, 4) is 0 Å². The van der Waals surface area contributed by atoms with Crippen molar-refractivity contribution < 1.29 is 4.79 Å². The molecule has 2 aliphatic rings. The zero-order valence-electron chi connectivity index (χ0n) is 17.2. The Kier molecular flexibility index (Phi) is 6.20. The topological polar surface area (TPSA) is 88.0 Å². The molecule has 1 fully saturated rings. The highest BCUT2D eigenvalue weighted by molar-refractivity contribution is 6.49. The number of fused-ring (bicyclic) bond motifs is 1. The monoisotopic (exact) mass is 426 g/mol. The second-order valence-corrected chi connectivity index (χ2v) is 8.17. The number of hydrogen-bond donors (Lipinski definition) is 2. The number of piperidine rings is 1. The van der Waals surface area contributed by atoms with Gasteiger partial charge in [0.25, 0.3) is 0 Å². The van der Waals surface area contributed by atoms with Crippen LogP contribution in [0.25, 0.3) is 5.52 Å². The number of ketones is 1. The summed E-state index contributed by atoms with van der Waals surface area (Å²) < 4.78 is 1.79. The van der Waals surface area contributed by atoms with E-state index < -0.39 is 0 Å². The maximum atomic E-state index is 12.0. The quantitative estimate of drug-likeness (QED) is 0.544. The van der Waals surface area contributed by atoms with Crippen molar-refractivity contribution in [2.45, 2.75) is 32.6 Å². The van der Waals surface area contributed by atoms with Gasteiger partial charge >= 0.3 is 0 Å². The average Bonchev–Trinajstić information content (AvgIpc) is 3.11. The third kappa shape index (κ3) is 4.27. The Balaban J connectivity index is 1.57. The molecule has 0 amide bonds. The summed E-state index contributed by atoms with van der Waals surface area (Å²) in [5.74, 6) is 0.434. The zero-order chi connectivity index (χ0) is 21.1. The summed E-state index contributed by atoms with van der Waals surface area (Å²) in [5.41, 5.74) is 8.82. The molecule has 1 saturated heterocycles. The number of hydrogen-bond acceptors (Lipinski definition) is 6. The average molecular weight is 427 g/mol. The highest BCUT2D eigenvalue weighted by Gasteiger charge is 2.23. The van der Waals surface area contributed by atoms with E-state index in [9.17, 15) is 4.79 Å². The standard InChI is InChI=1S/C22H27ClN6O/c1-15-14-16(19(24)18(23)21(15)30)26-20-17-8-3-6-13-29(17)27-22(20)25-9-7-12-28-10-4-2-5-11-28/h3,6,8,13-14H,2,4-5,7,9-12,24H2,1H3,(H,25,27)/b26-16+. The van der Waals surface area contributed by atoms with Gasteiger partial charge < -0.3 is 16.0 Å². The number of aliphatic imine (C=N–C) groups is 1. The molecule has 0 radical (unpaired) electrons. The molecule has 0 spiro atoms. The van der Waals surface area contributed by atoms with Gasteiger partial charge in [0, 0.05) is 18.3 Å². The number of rotatable bonds is 6. The van der Waals surface area contributed by atoms with Crippen molar-refractivity contribution in [1.82, 2.24) is 14.5 Å². The van der Waals surface area contributed by atoms with E-state index in [2.05, 4.69) is 15.3 Å². The van der Waals surface area contributed by atoms with Crippen molar-refractivity contribution >= 4 is 40.1 Å². The molecule has 3 N–H and O–H groups in total. The second kappa shape index (κ2) is 9.02. The minimum absolute atomic E-state index is 0.0151. The molecule has 0 aromatic carbocycles. The van der Waals surface area contributed by atoms with Crippen LogP contribution in [-0.2, 0) is 4.79 Å². The molecule has 2 aromatic rings. The Morgan fingerprint density at radius 3 is 2.87 bits per heavy atom. The zero-order valence-corrected chi connectivity index (χ0v) is 18.0. The number of carbonyl (C=O) groups excluding carboxylic acids is 1. The highest BCUT2D eigenvalue weighted by Crippen LogP contribution is 2.32. The number of pyridine rings is 1. The van der Waals surface area contributed by atoms with Crippen LogP contribution in [-0.4, -0.2) is 52.2 Å². The molecule has 30 heavy (non-hydrogen) atoms. The first-order chi connectivity index (χ1) is 14.5. The largest absolute Gasteiger partial charge is 0.396 e. The van der Waals surface area contributed by atoms with Crippen molar-refractivity contribution in [2.24, 2.45) is 10.7 Å². The Morgan fingerprint density at radius 1 is 1.27 bits per heavy atom. The number of likely N-dealkylation sites (tertiary alicyclic amines) is 1. The minimum Gasteiger partial charge on any atom is -0.396 e. The van der Waals surface area contributed by atoms with Gasteiger partial charge in [-0.05, 0) is 64.0 Å². The van der Waals surface area contributed by atoms with Crippen LogP contribution in [0.5, 0.6) is 0 Å². The van der Waals surface area contributed by atoms with E-state index in [4.69, 9.17) is 22.3 Å². The fourth-order valence-corrected chi connectivity index (χ4v) is 4.12. The fraction of sp³-hybridized carbons (Fsp3) is 0.409. The lowest BCUT2D eigenvalue weighted by molar-refractivity contribution is -0.111. The van der Waals surface area contributed by atoms with Gasteiger partial charge in [-0.1, -0.05) is 24.1 Å². The van der Waals surface area contributed by atoms with Gasteiger partial charge in [-0.25, -0.2) is 9.51 Å². The first-order valence-electron chi connectivity index (χ1n) is 10.5. The lowest BCUT2D eigenvalue weighted by Crippen LogP contribution is -2.31. The van der Waals surface area contributed by atoms with Crippen LogP contribution in [0.2, 0.25) is 0 Å². The number of halogens is 1. The third-order valence-electron chi connectivity index (χ3n) is 5.56. The summed E-state index contributed by atoms with van der Waals surface area (Å²) >= 11 is 6.12. The molecule has 4 rings (SSSR count). The Labute approximate surface area is 181 Å². The SMILES string of the molecule is CC1=C/C(=N\c2c(NCCCN3CCCCC3)nn3ccccc23)C(N)=C(Cl)C1=O. The van der Waals surface area contributed by atoms with Crippen molar-refractivity contribution in [2.75, 3.05) is 31.5 Å². The Morgan fingerprint density at radius 2 is 2.07 bits per heavy atom. The summed E-state index contributed by atoms with van der Waals surface area (Å²) in [7, 11) is 0. The third-order valence-corrected chi connectivity index (χ3v) is 5.94. The molecule has 7 nitrogen and oxygen atoms in total. The number of nitrogens with one attached hydrogen (secondary N) is 1. The van der Waals surface area contributed by atoms with E-state index in [0.717, 1.165) is 25.0 Å². The highest BCUT2D eigenvalue weighted by atomic mass is 35.5. The van der Waals surface area contributed by atoms with Crippen LogP contribution in [0.4, 0.5) is 11.5 Å². The van der Waals surface area contributed by atoms with Gasteiger partial charge in [0.2, 0.25) is 5.78 Å². The number of nitrogens with zero attached hydrogens (tertiary/aromatic N) is 4. The first-order valence-corrected chi connectivity index (χ1v) is 10.8. The van der Waals surface area contributed by atoms with Gasteiger partial charge in [0.15, 0.2) is 5.82 Å². The number of carbonyl (C=O) groups is 1. The van der Waals surface area contributed by atoms with Gasteiger partial charge in [-0.15, -0.1) is 5.10 Å². The lowest BCUT2D eigenvalue weighted by Gasteiger charge is -2.26. The molecule has 158 valence electrons. The number of Topliss-reactive ketones (excluding diaryl/α,β-unsaturated/α-hetero) is 1. The van der Waals surface area contributed by atoms with E-state index >= 15 is 0 Å². The molecule has 2 aromatic heterocycles. The van der Waals surface area contributed by atoms with Crippen LogP contribution >= 0.6 is 11.6 Å². The summed E-state index contributed by atoms with van der Waals surface area (Å²) in [6.07, 6.45) is 8.54. The molecule has 0 atom stereocenters. The molecule has 1 aliphatic heterocycles. The predicted octanol–water partition coefficient (Wildman–Crippen LogP) is 3.63. The first kappa shape index (κ1) is 20.6. The summed E-state index contributed by atoms with van der Waals surface area (Å²) in [6, 6.07) is 5.82. The van der Waals surface area contributed by atoms with E-state index in [1.54, 1.807) is 17.5 Å². The predicted molar refractivity (Wildman–Crippen MR) is 122 cm³/mol. The molecule has 3 heterocycles. The molecule has 1 aliphatic carbocycles. The summed E-state index contributed by atoms with van der Waals surface area (Å²) in [4.78, 5) is 19.3. The molecule has 0 saturated carbocycles. The van der Waals surface area contributed by atoms with Crippen LogP contribution in [0.1, 0.15) is 32.6 Å². The van der Waals surface area contributed by atoms with Crippen LogP contribution < -0.4 is 11.1 Å². The van der Waals surface area contributed by atoms with Gasteiger partial charge in [0.1, 0.15) is 10.7 Å². The molecule has 0 bridgehead atoms. The van der Waals surface area contributed by atoms with E-state index in [1.807, 2.05) is 24.4 Å². The minimum atomic E-state index is -0.260. The number of allylic oxidation sites excluding steroid dienone is 3. The number of aromatic nitrogens is 2. The maximum absolute atomic E-state index is 12.0. The number of anilines is 1. The maximum Gasteiger partial charge on any atom is 0.202 e. The molecular weight excluding hydrogens is 400 g/mol. The van der Waals surface area contributed by atoms with Crippen LogP contribution in [0.3, 0.4) is 0 Å². The van der Waals surface area contributed by atoms with Crippen molar-refractivity contribution in [3.05, 3.63) is 46.8 Å². The second-order valence-electron chi connectivity index (χ2n) is 7.79. The van der Waals surface area contributed by atoms with E-state index in [0.29, 0.717) is 22.8 Å². The fourth-order valence-electron chi connectivity index (χ4n) is 3.88. The van der Waals surface area contributed by atoms with Crippen LogP contribution in [0, 0.1) is 0 Å². The Hall–Kier alpha value is -2.64. The van der Waals surface area contributed by atoms with Gasteiger partial charge in [-0.2, -0.15) is 0 Å². The molecule has 8 heteroatoms. The Bertz CT molecular complexity index is 1050.